The van der Waals surface area contributed by atoms with E-state index in [2.05, 4.69) is 27.7 Å². The number of carbonyl (C=O) groups is 4. The van der Waals surface area contributed by atoms with Gasteiger partial charge in [0.2, 0.25) is 0 Å². The molecular formula is C77H150O17P2. The fourth-order valence-corrected chi connectivity index (χ4v) is 13.5. The molecule has 0 bridgehead atoms. The smallest absolute Gasteiger partial charge is 0.462 e. The molecule has 0 saturated carbocycles. The number of unbranched alkanes of at least 4 members (excludes halogenated alkanes) is 52. The molecular weight excluding hydrogens is 1260 g/mol. The molecule has 0 aliphatic carbocycles. The topological polar surface area (TPSA) is 237 Å². The van der Waals surface area contributed by atoms with Crippen LogP contribution >= 0.6 is 15.6 Å². The zero-order valence-corrected chi connectivity index (χ0v) is 64.1. The van der Waals surface area contributed by atoms with Gasteiger partial charge in [-0.15, -0.1) is 0 Å². The fraction of sp³-hybridized carbons (Fsp3) is 0.948. The Kier molecular flexibility index (Phi) is 70.0. The van der Waals surface area contributed by atoms with Crippen molar-refractivity contribution in [3.8, 4) is 0 Å². The number of hydrogen-bond donors (Lipinski definition) is 3. The summed E-state index contributed by atoms with van der Waals surface area (Å²) in [6.45, 7) is 4.87. The van der Waals surface area contributed by atoms with Gasteiger partial charge in [0, 0.05) is 25.7 Å². The van der Waals surface area contributed by atoms with Gasteiger partial charge in [-0.05, 0) is 25.7 Å². The fourth-order valence-electron chi connectivity index (χ4n) is 11.9. The zero-order valence-electron chi connectivity index (χ0n) is 62.4. The lowest BCUT2D eigenvalue weighted by Crippen LogP contribution is -2.30. The van der Waals surface area contributed by atoms with Gasteiger partial charge >= 0.3 is 39.5 Å². The van der Waals surface area contributed by atoms with Crippen molar-refractivity contribution in [2.45, 2.75) is 431 Å². The van der Waals surface area contributed by atoms with Gasteiger partial charge in [0.15, 0.2) is 12.2 Å². The van der Waals surface area contributed by atoms with Crippen LogP contribution in [0, 0.1) is 0 Å². The second-order valence-corrected chi connectivity index (χ2v) is 30.7. The number of rotatable bonds is 78. The van der Waals surface area contributed by atoms with Crippen LogP contribution in [0.5, 0.6) is 0 Å². The second kappa shape index (κ2) is 71.5. The van der Waals surface area contributed by atoms with Gasteiger partial charge in [-0.25, -0.2) is 9.13 Å². The van der Waals surface area contributed by atoms with Crippen molar-refractivity contribution in [3.05, 3.63) is 0 Å². The van der Waals surface area contributed by atoms with Crippen molar-refractivity contribution in [2.75, 3.05) is 39.6 Å². The Morgan fingerprint density at radius 1 is 0.250 bits per heavy atom. The van der Waals surface area contributed by atoms with Crippen LogP contribution in [0.1, 0.15) is 413 Å². The number of phosphoric acid groups is 2. The monoisotopic (exact) mass is 1410 g/mol. The highest BCUT2D eigenvalue weighted by Gasteiger charge is 2.30. The molecule has 17 nitrogen and oxygen atoms in total. The first kappa shape index (κ1) is 94.1. The Balaban J connectivity index is 5.07. The molecule has 0 saturated heterocycles. The van der Waals surface area contributed by atoms with Gasteiger partial charge < -0.3 is 33.8 Å². The first-order chi connectivity index (χ1) is 46.7. The van der Waals surface area contributed by atoms with Crippen molar-refractivity contribution in [2.24, 2.45) is 0 Å². The van der Waals surface area contributed by atoms with Crippen LogP contribution in [-0.2, 0) is 65.4 Å². The van der Waals surface area contributed by atoms with Crippen LogP contribution in [0.3, 0.4) is 0 Å². The molecule has 0 aliphatic rings. The van der Waals surface area contributed by atoms with Gasteiger partial charge in [-0.1, -0.05) is 362 Å². The van der Waals surface area contributed by atoms with E-state index in [1.54, 1.807) is 0 Å². The molecule has 570 valence electrons. The molecule has 5 atom stereocenters. The Hall–Kier alpha value is -1.94. The van der Waals surface area contributed by atoms with Crippen molar-refractivity contribution >= 4 is 39.5 Å². The lowest BCUT2D eigenvalue weighted by Gasteiger charge is -2.21. The number of esters is 4. The SMILES string of the molecule is CCCCCCCCCCCCCCCCCCCCCCCC(=O)OC[C@H](COP(=O)(O)OC[C@@H](O)COP(=O)(O)OC[C@@H](COC(=O)CCCCCCC)OC(=O)CCCCCCCCCCC)OC(=O)CCCCCCCCCCCCCCCCCCCCCCC. The minimum Gasteiger partial charge on any atom is -0.462 e. The van der Waals surface area contributed by atoms with Crippen molar-refractivity contribution < 1.29 is 80.2 Å². The minimum atomic E-state index is -4.95. The average Bonchev–Trinajstić information content (AvgIpc) is 1.33. The van der Waals surface area contributed by atoms with Gasteiger partial charge in [0.25, 0.3) is 0 Å². The quantitative estimate of drug-likeness (QED) is 0.0222. The van der Waals surface area contributed by atoms with Crippen LogP contribution in [0.25, 0.3) is 0 Å². The third-order valence-electron chi connectivity index (χ3n) is 18.1. The van der Waals surface area contributed by atoms with E-state index in [1.807, 2.05) is 0 Å². The summed E-state index contributed by atoms with van der Waals surface area (Å²) in [4.78, 5) is 72.4. The molecule has 0 aromatic carbocycles. The highest BCUT2D eigenvalue weighted by molar-refractivity contribution is 7.47. The van der Waals surface area contributed by atoms with Crippen molar-refractivity contribution in [1.29, 1.82) is 0 Å². The molecule has 0 aliphatic heterocycles. The molecule has 0 amide bonds. The predicted molar refractivity (Wildman–Crippen MR) is 391 cm³/mol. The number of hydrogen-bond acceptors (Lipinski definition) is 15. The van der Waals surface area contributed by atoms with E-state index >= 15 is 0 Å². The largest absolute Gasteiger partial charge is 0.472 e. The average molecular weight is 1410 g/mol. The summed E-state index contributed by atoms with van der Waals surface area (Å²) in [5.41, 5.74) is 0. The maximum atomic E-state index is 13.1. The number of phosphoric ester groups is 2. The molecule has 0 heterocycles. The molecule has 19 heteroatoms. The number of aliphatic hydroxyl groups excluding tert-OH is 1. The molecule has 3 N–H and O–H groups in total. The van der Waals surface area contributed by atoms with Crippen LogP contribution in [0.4, 0.5) is 0 Å². The first-order valence-corrected chi connectivity index (χ1v) is 43.3. The molecule has 96 heavy (non-hydrogen) atoms. The van der Waals surface area contributed by atoms with E-state index < -0.39 is 97.5 Å². The maximum Gasteiger partial charge on any atom is 0.472 e. The Morgan fingerprint density at radius 3 is 0.615 bits per heavy atom. The Morgan fingerprint density at radius 2 is 0.417 bits per heavy atom. The molecule has 0 spiro atoms. The molecule has 0 aromatic heterocycles. The zero-order chi connectivity index (χ0) is 70.4. The maximum absolute atomic E-state index is 13.1. The van der Waals surface area contributed by atoms with Crippen LogP contribution < -0.4 is 0 Å². The summed E-state index contributed by atoms with van der Waals surface area (Å²) in [6.07, 6.45) is 63.2. The van der Waals surface area contributed by atoms with E-state index in [0.717, 1.165) is 96.3 Å². The van der Waals surface area contributed by atoms with Gasteiger partial charge in [0.1, 0.15) is 19.3 Å². The predicted octanol–water partition coefficient (Wildman–Crippen LogP) is 23.0. The highest BCUT2D eigenvalue weighted by Crippen LogP contribution is 2.45. The molecule has 0 fully saturated rings. The van der Waals surface area contributed by atoms with Crippen LogP contribution in [0.2, 0.25) is 0 Å². The summed E-state index contributed by atoms with van der Waals surface area (Å²) >= 11 is 0. The van der Waals surface area contributed by atoms with Crippen molar-refractivity contribution in [1.82, 2.24) is 0 Å². The van der Waals surface area contributed by atoms with Crippen LogP contribution in [-0.4, -0.2) is 96.7 Å². The lowest BCUT2D eigenvalue weighted by atomic mass is 10.0. The van der Waals surface area contributed by atoms with Gasteiger partial charge in [-0.2, -0.15) is 0 Å². The molecule has 2 unspecified atom stereocenters. The van der Waals surface area contributed by atoms with Crippen molar-refractivity contribution in [3.63, 3.8) is 0 Å². The van der Waals surface area contributed by atoms with E-state index in [4.69, 9.17) is 37.0 Å². The van der Waals surface area contributed by atoms with E-state index in [9.17, 15) is 43.2 Å². The van der Waals surface area contributed by atoms with E-state index in [-0.39, 0.29) is 25.7 Å². The second-order valence-electron chi connectivity index (χ2n) is 27.7. The number of carbonyl (C=O) groups excluding carboxylic acids is 4. The summed E-state index contributed by atoms with van der Waals surface area (Å²) in [5.74, 6) is -2.13. The van der Waals surface area contributed by atoms with Gasteiger partial charge in [-0.3, -0.25) is 37.3 Å². The molecule has 0 aromatic rings. The molecule has 0 rings (SSSR count). The summed E-state index contributed by atoms with van der Waals surface area (Å²) < 4.78 is 68.2. The third kappa shape index (κ3) is 70.5. The molecule has 0 radical (unpaired) electrons. The lowest BCUT2D eigenvalue weighted by molar-refractivity contribution is -0.161. The van der Waals surface area contributed by atoms with E-state index in [0.29, 0.717) is 25.7 Å². The number of ether oxygens (including phenoxy) is 4. The Labute approximate surface area is 588 Å². The normalized spacial score (nSPS) is 13.9. The van der Waals surface area contributed by atoms with Gasteiger partial charge in [0.05, 0.1) is 26.4 Å². The minimum absolute atomic E-state index is 0.105. The standard InChI is InChI=1S/C77H150O17P2/c1-5-9-13-17-20-23-25-27-29-31-33-35-37-39-41-43-45-48-50-54-58-62-75(80)88-68-73(94-77(82)64-60-56-52-49-46-44-42-40-38-36-34-32-30-28-26-24-21-18-14-10-6-2)70-92-96(85,86)90-66-71(78)65-89-95(83,84)91-69-72(67-87-74(79)61-57-53-16-12-8-4)93-76(81)63-59-55-51-47-22-19-15-11-7-3/h71-73,78H,5-70H2,1-4H3,(H,83,84)(H,85,86)/t71-,72+,73+/m0/s1. The highest BCUT2D eigenvalue weighted by atomic mass is 31.2. The third-order valence-corrected chi connectivity index (χ3v) is 20.0. The summed E-state index contributed by atoms with van der Waals surface area (Å²) in [7, 11) is -9.89. The Bertz CT molecular complexity index is 1830. The van der Waals surface area contributed by atoms with Crippen LogP contribution in [0.15, 0.2) is 0 Å². The number of aliphatic hydroxyl groups is 1. The summed E-state index contributed by atoms with van der Waals surface area (Å²) in [5, 5.41) is 10.6. The van der Waals surface area contributed by atoms with E-state index in [1.165, 1.54) is 238 Å². The summed E-state index contributed by atoms with van der Waals surface area (Å²) in [6, 6.07) is 0. The first-order valence-electron chi connectivity index (χ1n) is 40.3.